The molecule has 1 aliphatic heterocycles. The Bertz CT molecular complexity index is 2120. The Kier molecular flexibility index (Phi) is 6.44. The van der Waals surface area contributed by atoms with E-state index in [1.165, 1.54) is 27.5 Å². The standard InChI is InChI=1S/C40H27ClN2O/c41-32-19-17-29(18-20-32)40-43-39-37(28-15-13-27(14-16-28)26-11-9-25(24-42)10-12-26)22-31(23-38(39)44-40)36-21-30-5-1-2-6-33(30)34-7-3-4-8-35(34)36/h2-4,6-23,40,43H,1,5H2. The molecular weight excluding hydrogens is 560 g/mol. The number of hydrogen-bond donors (Lipinski definition) is 1. The van der Waals surface area contributed by atoms with Gasteiger partial charge >= 0.3 is 0 Å². The summed E-state index contributed by atoms with van der Waals surface area (Å²) in [5, 5.41) is 16.1. The van der Waals surface area contributed by atoms with Crippen molar-refractivity contribution >= 4 is 34.1 Å². The van der Waals surface area contributed by atoms with E-state index in [2.05, 4.69) is 90.3 Å². The van der Waals surface area contributed by atoms with Crippen LogP contribution >= 0.6 is 11.6 Å². The van der Waals surface area contributed by atoms with E-state index < -0.39 is 0 Å². The van der Waals surface area contributed by atoms with Gasteiger partial charge in [-0.05, 0) is 105 Å². The Labute approximate surface area is 261 Å². The average molecular weight is 587 g/mol. The van der Waals surface area contributed by atoms with Gasteiger partial charge in [-0.2, -0.15) is 5.26 Å². The molecule has 6 aromatic rings. The first-order valence-electron chi connectivity index (χ1n) is 14.8. The van der Waals surface area contributed by atoms with Gasteiger partial charge in [-0.3, -0.25) is 0 Å². The molecule has 0 spiro atoms. The van der Waals surface area contributed by atoms with Gasteiger partial charge in [0.1, 0.15) is 5.75 Å². The predicted molar refractivity (Wildman–Crippen MR) is 181 cm³/mol. The second-order valence-corrected chi connectivity index (χ2v) is 11.8. The summed E-state index contributed by atoms with van der Waals surface area (Å²) < 4.78 is 6.61. The van der Waals surface area contributed by atoms with Crippen LogP contribution in [-0.2, 0) is 6.42 Å². The maximum Gasteiger partial charge on any atom is 0.196 e. The molecule has 0 bridgehead atoms. The van der Waals surface area contributed by atoms with Crippen molar-refractivity contribution in [3.05, 3.63) is 149 Å². The molecule has 0 aromatic heterocycles. The number of ether oxygens (including phenoxy) is 1. The lowest BCUT2D eigenvalue weighted by atomic mass is 9.86. The first-order valence-corrected chi connectivity index (χ1v) is 15.2. The highest BCUT2D eigenvalue weighted by Gasteiger charge is 2.28. The number of nitrogens with zero attached hydrogens (tertiary/aromatic N) is 1. The molecule has 1 atom stereocenters. The topological polar surface area (TPSA) is 45.0 Å². The quantitative estimate of drug-likeness (QED) is 0.223. The summed E-state index contributed by atoms with van der Waals surface area (Å²) in [5.41, 5.74) is 12.1. The maximum absolute atomic E-state index is 9.19. The van der Waals surface area contributed by atoms with Gasteiger partial charge in [0.05, 0.1) is 17.3 Å². The molecule has 1 heterocycles. The Hall–Kier alpha value is -5.30. The van der Waals surface area contributed by atoms with Crippen LogP contribution in [0.4, 0.5) is 5.69 Å². The van der Waals surface area contributed by atoms with E-state index in [1.807, 2.05) is 48.5 Å². The molecule has 0 amide bonds. The van der Waals surface area contributed by atoms with E-state index in [0.29, 0.717) is 10.6 Å². The van der Waals surface area contributed by atoms with Crippen molar-refractivity contribution in [3.63, 3.8) is 0 Å². The van der Waals surface area contributed by atoms with Crippen molar-refractivity contribution in [1.29, 1.82) is 5.26 Å². The SMILES string of the molecule is N#Cc1ccc(-c2ccc(-c3cc(-c4cc5c(c6ccccc46)C=CCC5)cc4c3NC(c3ccc(Cl)cc3)O4)cc2)cc1. The molecule has 44 heavy (non-hydrogen) atoms. The molecule has 3 nitrogen and oxygen atoms in total. The number of fused-ring (bicyclic) bond motifs is 4. The molecule has 0 radical (unpaired) electrons. The predicted octanol–water partition coefficient (Wildman–Crippen LogP) is 10.8. The molecule has 0 saturated heterocycles. The zero-order valence-electron chi connectivity index (χ0n) is 23.8. The van der Waals surface area contributed by atoms with E-state index in [0.717, 1.165) is 57.7 Å². The number of rotatable bonds is 4. The largest absolute Gasteiger partial charge is 0.464 e. The van der Waals surface area contributed by atoms with Crippen molar-refractivity contribution in [3.8, 4) is 45.2 Å². The Balaban J connectivity index is 1.27. The summed E-state index contributed by atoms with van der Waals surface area (Å²) in [6, 6.07) is 41.9. The van der Waals surface area contributed by atoms with E-state index in [-0.39, 0.29) is 6.23 Å². The Morgan fingerprint density at radius 1 is 0.727 bits per heavy atom. The summed E-state index contributed by atoms with van der Waals surface area (Å²) in [6.45, 7) is 0. The molecule has 6 aromatic carbocycles. The fourth-order valence-electron chi connectivity index (χ4n) is 6.43. The van der Waals surface area contributed by atoms with Crippen LogP contribution in [0, 0.1) is 11.3 Å². The minimum Gasteiger partial charge on any atom is -0.464 e. The van der Waals surface area contributed by atoms with E-state index in [4.69, 9.17) is 16.3 Å². The Morgan fingerprint density at radius 3 is 2.18 bits per heavy atom. The number of allylic oxidation sites excluding steroid dienone is 1. The number of hydrogen-bond acceptors (Lipinski definition) is 3. The van der Waals surface area contributed by atoms with Gasteiger partial charge < -0.3 is 10.1 Å². The van der Waals surface area contributed by atoms with Crippen molar-refractivity contribution in [2.24, 2.45) is 0 Å². The van der Waals surface area contributed by atoms with Crippen LogP contribution in [0.25, 0.3) is 50.2 Å². The van der Waals surface area contributed by atoms with Gasteiger partial charge in [-0.25, -0.2) is 0 Å². The molecule has 1 unspecified atom stereocenters. The molecule has 2 aliphatic rings. The number of benzene rings is 6. The third kappa shape index (κ3) is 4.61. The third-order valence-corrected chi connectivity index (χ3v) is 8.94. The molecule has 0 saturated carbocycles. The highest BCUT2D eigenvalue weighted by molar-refractivity contribution is 6.30. The fourth-order valence-corrected chi connectivity index (χ4v) is 6.56. The summed E-state index contributed by atoms with van der Waals surface area (Å²) >= 11 is 6.19. The van der Waals surface area contributed by atoms with Gasteiger partial charge in [0.15, 0.2) is 6.23 Å². The van der Waals surface area contributed by atoms with Gasteiger partial charge in [0.2, 0.25) is 0 Å². The zero-order valence-corrected chi connectivity index (χ0v) is 24.6. The first kappa shape index (κ1) is 26.3. The van der Waals surface area contributed by atoms with Crippen LogP contribution in [0.1, 0.15) is 34.9 Å². The first-order chi connectivity index (χ1) is 21.6. The lowest BCUT2D eigenvalue weighted by molar-refractivity contribution is 0.260. The monoisotopic (exact) mass is 586 g/mol. The lowest BCUT2D eigenvalue weighted by Gasteiger charge is -2.18. The minimum atomic E-state index is -0.320. The van der Waals surface area contributed by atoms with Crippen molar-refractivity contribution in [2.75, 3.05) is 5.32 Å². The molecule has 1 aliphatic carbocycles. The fraction of sp³-hybridized carbons (Fsp3) is 0.0750. The summed E-state index contributed by atoms with van der Waals surface area (Å²) in [5.74, 6) is 0.829. The molecule has 210 valence electrons. The van der Waals surface area contributed by atoms with Crippen LogP contribution in [0.3, 0.4) is 0 Å². The molecule has 0 fully saturated rings. The number of halogens is 1. The highest BCUT2D eigenvalue weighted by atomic mass is 35.5. The second kappa shape index (κ2) is 10.8. The summed E-state index contributed by atoms with van der Waals surface area (Å²) in [4.78, 5) is 0. The normalized spacial score (nSPS) is 14.8. The number of anilines is 1. The third-order valence-electron chi connectivity index (χ3n) is 8.69. The highest BCUT2D eigenvalue weighted by Crippen LogP contribution is 2.48. The zero-order chi connectivity index (χ0) is 29.6. The lowest BCUT2D eigenvalue weighted by Crippen LogP contribution is -2.09. The van der Waals surface area contributed by atoms with E-state index >= 15 is 0 Å². The number of aryl methyl sites for hydroxylation is 1. The molecule has 8 rings (SSSR count). The van der Waals surface area contributed by atoms with Crippen molar-refractivity contribution in [1.82, 2.24) is 0 Å². The Morgan fingerprint density at radius 2 is 1.43 bits per heavy atom. The van der Waals surface area contributed by atoms with Crippen molar-refractivity contribution in [2.45, 2.75) is 19.1 Å². The van der Waals surface area contributed by atoms with E-state index in [9.17, 15) is 5.26 Å². The average Bonchev–Trinajstić information content (AvgIpc) is 3.52. The van der Waals surface area contributed by atoms with Gasteiger partial charge in [-0.15, -0.1) is 0 Å². The molecule has 1 N–H and O–H groups in total. The number of nitrogens with one attached hydrogen (secondary N) is 1. The minimum absolute atomic E-state index is 0.320. The van der Waals surface area contributed by atoms with Gasteiger partial charge in [0.25, 0.3) is 0 Å². The van der Waals surface area contributed by atoms with Gasteiger partial charge in [-0.1, -0.05) is 96.5 Å². The van der Waals surface area contributed by atoms with Crippen LogP contribution in [-0.4, -0.2) is 0 Å². The number of nitriles is 1. The molecular formula is C40H27ClN2O. The maximum atomic E-state index is 9.19. The van der Waals surface area contributed by atoms with E-state index in [1.54, 1.807) is 0 Å². The summed E-state index contributed by atoms with van der Waals surface area (Å²) in [7, 11) is 0. The van der Waals surface area contributed by atoms with Crippen molar-refractivity contribution < 1.29 is 4.74 Å². The van der Waals surface area contributed by atoms with Crippen LogP contribution in [0.15, 0.2) is 121 Å². The summed E-state index contributed by atoms with van der Waals surface area (Å²) in [6.07, 6.45) is 6.33. The van der Waals surface area contributed by atoms with Crippen LogP contribution in [0.5, 0.6) is 5.75 Å². The second-order valence-electron chi connectivity index (χ2n) is 11.3. The molecule has 4 heteroatoms. The van der Waals surface area contributed by atoms with Crippen LogP contribution in [0.2, 0.25) is 5.02 Å². The van der Waals surface area contributed by atoms with Gasteiger partial charge in [0, 0.05) is 16.1 Å². The smallest absolute Gasteiger partial charge is 0.196 e. The van der Waals surface area contributed by atoms with Crippen LogP contribution < -0.4 is 10.1 Å².